The lowest BCUT2D eigenvalue weighted by Crippen LogP contribution is -2.53. The Bertz CT molecular complexity index is 1240. The van der Waals surface area contributed by atoms with Crippen molar-refractivity contribution in [3.8, 4) is 0 Å². The molecule has 2 heterocycles. The number of sulfone groups is 1. The molecule has 162 valence electrons. The highest BCUT2D eigenvalue weighted by Gasteiger charge is 2.53. The quantitative estimate of drug-likeness (QED) is 0.472. The van der Waals surface area contributed by atoms with Gasteiger partial charge in [0.1, 0.15) is 5.01 Å². The fourth-order valence-corrected chi connectivity index (χ4v) is 6.66. The van der Waals surface area contributed by atoms with Crippen molar-refractivity contribution < 1.29 is 17.6 Å². The van der Waals surface area contributed by atoms with E-state index in [4.69, 9.17) is 11.6 Å². The molecule has 1 aromatic heterocycles. The molecule has 1 fully saturated rings. The van der Waals surface area contributed by atoms with Crippen molar-refractivity contribution in [3.63, 3.8) is 0 Å². The second-order valence-corrected chi connectivity index (χ2v) is 11.9. The second-order valence-electron chi connectivity index (χ2n) is 7.20. The van der Waals surface area contributed by atoms with Crippen molar-refractivity contribution in [2.75, 3.05) is 18.8 Å². The summed E-state index contributed by atoms with van der Waals surface area (Å²) < 4.78 is 42.1. The Morgan fingerprint density at radius 1 is 1.26 bits per heavy atom. The van der Waals surface area contributed by atoms with Crippen molar-refractivity contribution >= 4 is 54.6 Å². The largest absolute Gasteiger partial charge is 0.333 e. The van der Waals surface area contributed by atoms with E-state index in [1.807, 2.05) is 30.3 Å². The standard InChI is InChI=1S/C21H17BrClFN2O3S2/c22-17-7-6-15(11-18(17)23)19(27)26-8-9-31(28,29)21(24,13-26)20-25-12-16(30-20)10-14-4-2-1-3-5-14/h1-7,11-12H,8-10,13H2/t21-/m1/s1. The predicted molar refractivity (Wildman–Crippen MR) is 123 cm³/mol. The number of thiazole rings is 1. The molecule has 0 saturated carbocycles. The summed E-state index contributed by atoms with van der Waals surface area (Å²) in [5, 5.41) is -2.56. The van der Waals surface area contributed by atoms with E-state index in [0.717, 1.165) is 21.8 Å². The van der Waals surface area contributed by atoms with Crippen molar-refractivity contribution in [1.82, 2.24) is 9.88 Å². The Balaban J connectivity index is 1.61. The molecule has 10 heteroatoms. The van der Waals surface area contributed by atoms with Crippen LogP contribution in [0, 0.1) is 0 Å². The minimum absolute atomic E-state index is 0.0945. The van der Waals surface area contributed by atoms with Crippen molar-refractivity contribution in [2.45, 2.75) is 11.4 Å². The Hall–Kier alpha value is -1.81. The molecule has 0 radical (unpaired) electrons. The second kappa shape index (κ2) is 8.61. The third kappa shape index (κ3) is 4.41. The van der Waals surface area contributed by atoms with Crippen LogP contribution < -0.4 is 0 Å². The number of nitrogens with zero attached hydrogens (tertiary/aromatic N) is 2. The topological polar surface area (TPSA) is 67.3 Å². The van der Waals surface area contributed by atoms with E-state index in [0.29, 0.717) is 15.9 Å². The van der Waals surface area contributed by atoms with Crippen molar-refractivity contribution in [3.05, 3.63) is 85.2 Å². The summed E-state index contributed by atoms with van der Waals surface area (Å²) in [5.74, 6) is -0.958. The minimum atomic E-state index is -4.15. The maximum Gasteiger partial charge on any atom is 0.278 e. The van der Waals surface area contributed by atoms with E-state index in [2.05, 4.69) is 20.9 Å². The molecule has 4 rings (SSSR count). The highest BCUT2D eigenvalue weighted by atomic mass is 79.9. The lowest BCUT2D eigenvalue weighted by molar-refractivity contribution is 0.0666. The van der Waals surface area contributed by atoms with Crippen LogP contribution >= 0.6 is 38.9 Å². The van der Waals surface area contributed by atoms with Crippen LogP contribution in [0.5, 0.6) is 0 Å². The minimum Gasteiger partial charge on any atom is -0.333 e. The number of rotatable bonds is 4. The van der Waals surface area contributed by atoms with Gasteiger partial charge in [-0.25, -0.2) is 17.8 Å². The Morgan fingerprint density at radius 3 is 2.71 bits per heavy atom. The van der Waals surface area contributed by atoms with Gasteiger partial charge in [-0.3, -0.25) is 4.79 Å². The average Bonchev–Trinajstić information content (AvgIpc) is 3.21. The predicted octanol–water partition coefficient (Wildman–Crippen LogP) is 4.84. The van der Waals surface area contributed by atoms with Crippen LogP contribution in [0.1, 0.15) is 25.8 Å². The summed E-state index contributed by atoms with van der Waals surface area (Å²) in [5.41, 5.74) is 1.28. The van der Waals surface area contributed by atoms with Gasteiger partial charge in [0, 0.05) is 34.1 Å². The maximum atomic E-state index is 16.0. The first kappa shape index (κ1) is 22.4. The third-order valence-electron chi connectivity index (χ3n) is 5.07. The van der Waals surface area contributed by atoms with Crippen LogP contribution in [-0.2, 0) is 21.3 Å². The molecule has 0 N–H and O–H groups in total. The molecule has 31 heavy (non-hydrogen) atoms. The summed E-state index contributed by atoms with van der Waals surface area (Å²) >= 11 is 10.3. The van der Waals surface area contributed by atoms with Gasteiger partial charge in [-0.05, 0) is 39.7 Å². The zero-order valence-corrected chi connectivity index (χ0v) is 20.1. The molecule has 0 aliphatic carbocycles. The van der Waals surface area contributed by atoms with Gasteiger partial charge in [-0.2, -0.15) is 0 Å². The van der Waals surface area contributed by atoms with E-state index < -0.39 is 33.0 Å². The van der Waals surface area contributed by atoms with E-state index >= 15 is 4.39 Å². The van der Waals surface area contributed by atoms with Gasteiger partial charge >= 0.3 is 0 Å². The number of alkyl halides is 1. The van der Waals surface area contributed by atoms with E-state index in [-0.39, 0.29) is 17.1 Å². The molecular formula is C21H17BrClFN2O3S2. The molecule has 1 saturated heterocycles. The number of aromatic nitrogens is 1. The molecule has 0 unspecified atom stereocenters. The summed E-state index contributed by atoms with van der Waals surface area (Å²) in [6.45, 7) is -0.705. The Morgan fingerprint density at radius 2 is 2.00 bits per heavy atom. The van der Waals surface area contributed by atoms with Gasteiger partial charge in [-0.15, -0.1) is 11.3 Å². The Labute approximate surface area is 196 Å². The first-order valence-corrected chi connectivity index (χ1v) is 13.0. The van der Waals surface area contributed by atoms with Gasteiger partial charge in [0.2, 0.25) is 0 Å². The summed E-state index contributed by atoms with van der Waals surface area (Å²) in [6, 6.07) is 14.2. The lowest BCUT2D eigenvalue weighted by Gasteiger charge is -2.35. The highest BCUT2D eigenvalue weighted by Crippen LogP contribution is 2.40. The molecule has 1 amide bonds. The van der Waals surface area contributed by atoms with E-state index in [1.54, 1.807) is 12.1 Å². The van der Waals surface area contributed by atoms with Crippen molar-refractivity contribution in [1.29, 1.82) is 0 Å². The van der Waals surface area contributed by atoms with Gasteiger partial charge in [0.05, 0.1) is 17.3 Å². The molecular weight excluding hydrogens is 527 g/mol. The van der Waals surface area contributed by atoms with E-state index in [1.165, 1.54) is 17.2 Å². The van der Waals surface area contributed by atoms with Crippen LogP contribution in [0.4, 0.5) is 4.39 Å². The SMILES string of the molecule is O=C(c1ccc(Br)c(Cl)c1)N1CCS(=O)(=O)[C@@](F)(c2ncc(Cc3ccccc3)s2)C1. The zero-order chi connectivity index (χ0) is 22.2. The van der Waals surface area contributed by atoms with Crippen LogP contribution in [0.2, 0.25) is 5.02 Å². The third-order valence-corrected chi connectivity index (χ3v) is 9.59. The number of halogens is 3. The normalized spacial score (nSPS) is 20.5. The maximum absolute atomic E-state index is 16.0. The van der Waals surface area contributed by atoms with Crippen LogP contribution in [0.3, 0.4) is 0 Å². The smallest absolute Gasteiger partial charge is 0.278 e. The number of carbonyl (C=O) groups is 1. The van der Waals surface area contributed by atoms with E-state index in [9.17, 15) is 13.2 Å². The van der Waals surface area contributed by atoms with Gasteiger partial charge in [-0.1, -0.05) is 41.9 Å². The van der Waals surface area contributed by atoms with Crippen LogP contribution in [0.25, 0.3) is 0 Å². The molecule has 5 nitrogen and oxygen atoms in total. The number of amides is 1. The average molecular weight is 544 g/mol. The Kier molecular flexibility index (Phi) is 6.22. The number of hydrogen-bond donors (Lipinski definition) is 0. The number of hydrogen-bond acceptors (Lipinski definition) is 5. The fourth-order valence-electron chi connectivity index (χ4n) is 3.36. The molecule has 0 spiro atoms. The molecule has 1 aliphatic rings. The highest BCUT2D eigenvalue weighted by molar-refractivity contribution is 9.10. The first-order valence-electron chi connectivity index (χ1n) is 9.34. The van der Waals surface area contributed by atoms with Crippen LogP contribution in [0.15, 0.2) is 59.2 Å². The molecule has 0 bridgehead atoms. The molecule has 3 aromatic rings. The van der Waals surface area contributed by atoms with Gasteiger partial charge < -0.3 is 4.90 Å². The number of benzene rings is 2. The summed E-state index contributed by atoms with van der Waals surface area (Å²) in [6.07, 6.45) is 2.02. The summed E-state index contributed by atoms with van der Waals surface area (Å²) in [7, 11) is -4.15. The monoisotopic (exact) mass is 542 g/mol. The lowest BCUT2D eigenvalue weighted by atomic mass is 10.1. The molecule has 1 atom stereocenters. The van der Waals surface area contributed by atoms with Crippen molar-refractivity contribution in [2.24, 2.45) is 0 Å². The fraction of sp³-hybridized carbons (Fsp3) is 0.238. The number of carbonyl (C=O) groups excluding carboxylic acids is 1. The van der Waals surface area contributed by atoms with Crippen LogP contribution in [-0.4, -0.2) is 43.1 Å². The molecule has 1 aliphatic heterocycles. The first-order chi connectivity index (χ1) is 14.7. The zero-order valence-electron chi connectivity index (χ0n) is 16.1. The molecule has 2 aromatic carbocycles. The van der Waals surface area contributed by atoms with Gasteiger partial charge in [0.25, 0.3) is 10.9 Å². The van der Waals surface area contributed by atoms with Gasteiger partial charge in [0.15, 0.2) is 9.84 Å². The summed E-state index contributed by atoms with van der Waals surface area (Å²) in [4.78, 5) is 19.0.